The number of rotatable bonds is 3. The maximum Gasteiger partial charge on any atom is 0.127 e. The van der Waals surface area contributed by atoms with Gasteiger partial charge in [-0.2, -0.15) is 0 Å². The van der Waals surface area contributed by atoms with Crippen molar-refractivity contribution in [1.29, 1.82) is 0 Å². The van der Waals surface area contributed by atoms with Crippen molar-refractivity contribution >= 4 is 6.29 Å². The molecule has 1 unspecified atom stereocenters. The molecule has 3 nitrogen and oxygen atoms in total. The number of hydrogen-bond donors (Lipinski definition) is 0. The fraction of sp³-hybridized carbons (Fsp3) is 0.933. The van der Waals surface area contributed by atoms with Crippen LogP contribution in [0.5, 0.6) is 0 Å². The van der Waals surface area contributed by atoms with Crippen molar-refractivity contribution in [2.45, 2.75) is 51.0 Å². The van der Waals surface area contributed by atoms with E-state index in [2.05, 4.69) is 9.80 Å². The van der Waals surface area contributed by atoms with Crippen molar-refractivity contribution in [2.75, 3.05) is 32.7 Å². The molecule has 3 heteroatoms. The molecule has 1 aliphatic carbocycles. The Hall–Kier alpha value is -0.410. The lowest BCUT2D eigenvalue weighted by atomic mass is 9.74. The van der Waals surface area contributed by atoms with Crippen LogP contribution in [0.25, 0.3) is 0 Å². The second kappa shape index (κ2) is 5.30. The highest BCUT2D eigenvalue weighted by Crippen LogP contribution is 2.36. The van der Waals surface area contributed by atoms with E-state index in [0.717, 1.165) is 25.4 Å². The fourth-order valence-electron chi connectivity index (χ4n) is 4.21. The summed E-state index contributed by atoms with van der Waals surface area (Å²) >= 11 is 0. The second-order valence-electron chi connectivity index (χ2n) is 6.61. The van der Waals surface area contributed by atoms with E-state index in [9.17, 15) is 4.79 Å². The van der Waals surface area contributed by atoms with Gasteiger partial charge < -0.3 is 4.79 Å². The lowest BCUT2D eigenvalue weighted by Gasteiger charge is -2.42. The summed E-state index contributed by atoms with van der Waals surface area (Å²) in [5, 5.41) is 0. The van der Waals surface area contributed by atoms with Gasteiger partial charge in [0.25, 0.3) is 0 Å². The Morgan fingerprint density at radius 1 is 1.06 bits per heavy atom. The predicted octanol–water partition coefficient (Wildman–Crippen LogP) is 1.92. The van der Waals surface area contributed by atoms with Gasteiger partial charge in [-0.15, -0.1) is 0 Å². The Kier molecular flexibility index (Phi) is 3.71. The van der Waals surface area contributed by atoms with Gasteiger partial charge in [-0.25, -0.2) is 0 Å². The monoisotopic (exact) mass is 250 g/mol. The summed E-state index contributed by atoms with van der Waals surface area (Å²) in [5.74, 6) is 0. The van der Waals surface area contributed by atoms with Crippen LogP contribution in [0, 0.1) is 5.41 Å². The van der Waals surface area contributed by atoms with Crippen molar-refractivity contribution in [3.8, 4) is 0 Å². The van der Waals surface area contributed by atoms with Gasteiger partial charge in [-0.3, -0.25) is 9.80 Å². The minimum absolute atomic E-state index is 0.000968. The van der Waals surface area contributed by atoms with Crippen LogP contribution in [0.1, 0.15) is 44.9 Å². The minimum Gasteiger partial charge on any atom is -0.303 e. The van der Waals surface area contributed by atoms with Crippen molar-refractivity contribution in [1.82, 2.24) is 9.80 Å². The fourth-order valence-corrected chi connectivity index (χ4v) is 4.21. The van der Waals surface area contributed by atoms with Crippen molar-refractivity contribution in [2.24, 2.45) is 5.41 Å². The molecule has 0 aromatic carbocycles. The average Bonchev–Trinajstić information content (AvgIpc) is 2.87. The number of carbonyl (C=O) groups is 1. The molecule has 3 rings (SSSR count). The molecule has 0 amide bonds. The molecule has 0 spiro atoms. The normalized spacial score (nSPS) is 33.2. The van der Waals surface area contributed by atoms with E-state index in [4.69, 9.17) is 0 Å². The van der Waals surface area contributed by atoms with E-state index in [1.54, 1.807) is 0 Å². The summed E-state index contributed by atoms with van der Waals surface area (Å²) in [5.41, 5.74) is -0.000968. The molecule has 18 heavy (non-hydrogen) atoms. The molecular formula is C15H26N2O. The molecule has 2 aliphatic heterocycles. The molecule has 2 saturated heterocycles. The van der Waals surface area contributed by atoms with E-state index < -0.39 is 0 Å². The third kappa shape index (κ3) is 2.48. The summed E-state index contributed by atoms with van der Waals surface area (Å²) in [7, 11) is 0. The van der Waals surface area contributed by atoms with Gasteiger partial charge in [0.1, 0.15) is 6.29 Å². The molecule has 1 atom stereocenters. The number of piperazine rings is 1. The molecule has 0 aromatic rings. The van der Waals surface area contributed by atoms with Gasteiger partial charge in [-0.1, -0.05) is 19.3 Å². The van der Waals surface area contributed by atoms with Gasteiger partial charge in [0.15, 0.2) is 0 Å². The summed E-state index contributed by atoms with van der Waals surface area (Å²) in [4.78, 5) is 16.8. The van der Waals surface area contributed by atoms with E-state index >= 15 is 0 Å². The third-order valence-electron chi connectivity index (χ3n) is 5.31. The number of aldehydes is 1. The van der Waals surface area contributed by atoms with Crippen LogP contribution in [0.2, 0.25) is 0 Å². The SMILES string of the molecule is O=CC1(CN2CCN3CCCC3C2)CCCCC1. The summed E-state index contributed by atoms with van der Waals surface area (Å²) in [6.07, 6.45) is 10.1. The van der Waals surface area contributed by atoms with Gasteiger partial charge in [0, 0.05) is 37.6 Å². The third-order valence-corrected chi connectivity index (χ3v) is 5.31. The van der Waals surface area contributed by atoms with Gasteiger partial charge in [0.05, 0.1) is 0 Å². The first-order chi connectivity index (χ1) is 8.81. The largest absolute Gasteiger partial charge is 0.303 e. The van der Waals surface area contributed by atoms with Crippen LogP contribution in [-0.2, 0) is 4.79 Å². The number of hydrogen-bond acceptors (Lipinski definition) is 3. The zero-order valence-electron chi connectivity index (χ0n) is 11.4. The van der Waals surface area contributed by atoms with Crippen LogP contribution in [-0.4, -0.2) is 54.9 Å². The quantitative estimate of drug-likeness (QED) is 0.715. The van der Waals surface area contributed by atoms with Crippen LogP contribution in [0.15, 0.2) is 0 Å². The Bertz CT molecular complexity index is 299. The Morgan fingerprint density at radius 2 is 1.89 bits per heavy atom. The first-order valence-corrected chi connectivity index (χ1v) is 7.74. The molecule has 3 fully saturated rings. The lowest BCUT2D eigenvalue weighted by molar-refractivity contribution is -0.119. The zero-order chi connectivity index (χ0) is 12.4. The summed E-state index contributed by atoms with van der Waals surface area (Å²) in [6.45, 7) is 5.93. The smallest absolute Gasteiger partial charge is 0.127 e. The van der Waals surface area contributed by atoms with Gasteiger partial charge >= 0.3 is 0 Å². The van der Waals surface area contributed by atoms with E-state index in [1.165, 1.54) is 64.6 Å². The molecule has 2 heterocycles. The van der Waals surface area contributed by atoms with Gasteiger partial charge in [0.2, 0.25) is 0 Å². The van der Waals surface area contributed by atoms with Crippen LogP contribution >= 0.6 is 0 Å². The van der Waals surface area contributed by atoms with Crippen molar-refractivity contribution in [3.05, 3.63) is 0 Å². The number of nitrogens with zero attached hydrogens (tertiary/aromatic N) is 2. The molecule has 3 aliphatic rings. The van der Waals surface area contributed by atoms with E-state index in [1.807, 2.05) is 0 Å². The van der Waals surface area contributed by atoms with Crippen molar-refractivity contribution in [3.63, 3.8) is 0 Å². The molecule has 0 aromatic heterocycles. The minimum atomic E-state index is -0.000968. The number of carbonyl (C=O) groups excluding carboxylic acids is 1. The maximum atomic E-state index is 11.5. The second-order valence-corrected chi connectivity index (χ2v) is 6.61. The summed E-state index contributed by atoms with van der Waals surface area (Å²) < 4.78 is 0. The Labute approximate surface area is 111 Å². The maximum absolute atomic E-state index is 11.5. The first-order valence-electron chi connectivity index (χ1n) is 7.74. The topological polar surface area (TPSA) is 23.6 Å². The van der Waals surface area contributed by atoms with Crippen molar-refractivity contribution < 1.29 is 4.79 Å². The highest BCUT2D eigenvalue weighted by molar-refractivity contribution is 5.60. The van der Waals surface area contributed by atoms with E-state index in [-0.39, 0.29) is 5.41 Å². The van der Waals surface area contributed by atoms with Crippen LogP contribution in [0.3, 0.4) is 0 Å². The summed E-state index contributed by atoms with van der Waals surface area (Å²) in [6, 6.07) is 0.783. The molecular weight excluding hydrogens is 224 g/mol. The molecule has 0 radical (unpaired) electrons. The zero-order valence-corrected chi connectivity index (χ0v) is 11.4. The Balaban J connectivity index is 1.59. The lowest BCUT2D eigenvalue weighted by Crippen LogP contribution is -2.53. The number of fused-ring (bicyclic) bond motifs is 1. The molecule has 0 bridgehead atoms. The molecule has 1 saturated carbocycles. The first kappa shape index (κ1) is 12.6. The van der Waals surface area contributed by atoms with Gasteiger partial charge in [-0.05, 0) is 32.2 Å². The highest BCUT2D eigenvalue weighted by Gasteiger charge is 2.37. The van der Waals surface area contributed by atoms with Crippen LogP contribution < -0.4 is 0 Å². The van der Waals surface area contributed by atoms with E-state index in [0.29, 0.717) is 0 Å². The molecule has 0 N–H and O–H groups in total. The predicted molar refractivity (Wildman–Crippen MR) is 72.6 cm³/mol. The Morgan fingerprint density at radius 3 is 2.67 bits per heavy atom. The average molecular weight is 250 g/mol. The highest BCUT2D eigenvalue weighted by atomic mass is 16.1. The molecule has 102 valence electrons. The van der Waals surface area contributed by atoms with Crippen LogP contribution in [0.4, 0.5) is 0 Å². The standard InChI is InChI=1S/C15H26N2O/c18-13-15(6-2-1-3-7-15)12-16-9-10-17-8-4-5-14(17)11-16/h13-14H,1-12H2.